The topological polar surface area (TPSA) is 29.3 Å². The standard InChI is InChI=1S/C13H21FN2/c1-13(2,3)12(9-15)16(4)11-7-5-10(14)6-8-11/h5-8,12H,9,15H2,1-4H3. The highest BCUT2D eigenvalue weighted by Crippen LogP contribution is 2.26. The number of likely N-dealkylation sites (N-methyl/N-ethyl adjacent to an activating group) is 1. The number of anilines is 1. The van der Waals surface area contributed by atoms with Crippen molar-refractivity contribution in [3.63, 3.8) is 0 Å². The van der Waals surface area contributed by atoms with E-state index in [9.17, 15) is 4.39 Å². The second-order valence-corrected chi connectivity index (χ2v) is 5.20. The summed E-state index contributed by atoms with van der Waals surface area (Å²) >= 11 is 0. The molecular weight excluding hydrogens is 203 g/mol. The smallest absolute Gasteiger partial charge is 0.123 e. The van der Waals surface area contributed by atoms with Crippen LogP contribution in [0.2, 0.25) is 0 Å². The van der Waals surface area contributed by atoms with Gasteiger partial charge in [0.15, 0.2) is 0 Å². The predicted octanol–water partition coefficient (Wildman–Crippen LogP) is 2.64. The molecule has 0 heterocycles. The Morgan fingerprint density at radius 1 is 1.25 bits per heavy atom. The lowest BCUT2D eigenvalue weighted by molar-refractivity contribution is 0.316. The summed E-state index contributed by atoms with van der Waals surface area (Å²) in [6.45, 7) is 7.05. The van der Waals surface area contributed by atoms with Gasteiger partial charge in [0.1, 0.15) is 5.82 Å². The van der Waals surface area contributed by atoms with Crippen LogP contribution in [0, 0.1) is 11.2 Å². The van der Waals surface area contributed by atoms with Crippen LogP contribution in [0.5, 0.6) is 0 Å². The molecule has 0 amide bonds. The third-order valence-electron chi connectivity index (χ3n) is 2.92. The molecule has 2 N–H and O–H groups in total. The predicted molar refractivity (Wildman–Crippen MR) is 67.1 cm³/mol. The van der Waals surface area contributed by atoms with Gasteiger partial charge in [0.05, 0.1) is 0 Å². The minimum atomic E-state index is -0.211. The first kappa shape index (κ1) is 13.0. The summed E-state index contributed by atoms with van der Waals surface area (Å²) in [5.41, 5.74) is 6.90. The largest absolute Gasteiger partial charge is 0.370 e. The maximum atomic E-state index is 12.8. The molecule has 1 rings (SSSR count). The van der Waals surface area contributed by atoms with E-state index < -0.39 is 0 Å². The Labute approximate surface area is 97.3 Å². The molecule has 1 aromatic rings. The monoisotopic (exact) mass is 224 g/mol. The van der Waals surface area contributed by atoms with Crippen molar-refractivity contribution >= 4 is 5.69 Å². The van der Waals surface area contributed by atoms with Crippen LogP contribution in [0.4, 0.5) is 10.1 Å². The van der Waals surface area contributed by atoms with Crippen LogP contribution in [0.25, 0.3) is 0 Å². The molecule has 1 aromatic carbocycles. The molecule has 90 valence electrons. The van der Waals surface area contributed by atoms with Crippen molar-refractivity contribution in [2.45, 2.75) is 26.8 Å². The number of rotatable bonds is 3. The minimum absolute atomic E-state index is 0.0951. The van der Waals surface area contributed by atoms with Crippen molar-refractivity contribution < 1.29 is 4.39 Å². The highest BCUT2D eigenvalue weighted by molar-refractivity contribution is 5.47. The van der Waals surface area contributed by atoms with Gasteiger partial charge in [-0.15, -0.1) is 0 Å². The zero-order valence-electron chi connectivity index (χ0n) is 10.5. The van der Waals surface area contributed by atoms with E-state index in [4.69, 9.17) is 5.73 Å². The van der Waals surface area contributed by atoms with Crippen LogP contribution in [0.3, 0.4) is 0 Å². The van der Waals surface area contributed by atoms with Crippen molar-refractivity contribution in [1.82, 2.24) is 0 Å². The van der Waals surface area contributed by atoms with Crippen LogP contribution in [0.1, 0.15) is 20.8 Å². The van der Waals surface area contributed by atoms with Gasteiger partial charge in [-0.1, -0.05) is 20.8 Å². The quantitative estimate of drug-likeness (QED) is 0.855. The highest BCUT2D eigenvalue weighted by Gasteiger charge is 2.27. The molecule has 0 bridgehead atoms. The number of nitrogens with zero attached hydrogens (tertiary/aromatic N) is 1. The van der Waals surface area contributed by atoms with E-state index in [0.717, 1.165) is 5.69 Å². The molecule has 0 saturated heterocycles. The van der Waals surface area contributed by atoms with E-state index in [1.165, 1.54) is 12.1 Å². The summed E-state index contributed by atoms with van der Waals surface area (Å²) in [4.78, 5) is 2.11. The lowest BCUT2D eigenvalue weighted by atomic mass is 9.85. The molecule has 0 aliphatic heterocycles. The fraction of sp³-hybridized carbons (Fsp3) is 0.538. The highest BCUT2D eigenvalue weighted by atomic mass is 19.1. The van der Waals surface area contributed by atoms with Crippen LogP contribution in [0.15, 0.2) is 24.3 Å². The second kappa shape index (κ2) is 4.83. The molecule has 1 atom stereocenters. The fourth-order valence-corrected chi connectivity index (χ4v) is 1.95. The average Bonchev–Trinajstić information content (AvgIpc) is 2.17. The molecule has 2 nitrogen and oxygen atoms in total. The number of hydrogen-bond acceptors (Lipinski definition) is 2. The first-order chi connectivity index (χ1) is 7.36. The normalized spacial score (nSPS) is 13.6. The van der Waals surface area contributed by atoms with Gasteiger partial charge in [-0.25, -0.2) is 4.39 Å². The van der Waals surface area contributed by atoms with Gasteiger partial charge >= 0.3 is 0 Å². The van der Waals surface area contributed by atoms with E-state index in [2.05, 4.69) is 25.7 Å². The van der Waals surface area contributed by atoms with Gasteiger partial charge in [0.2, 0.25) is 0 Å². The Balaban J connectivity index is 2.91. The Kier molecular flexibility index (Phi) is 3.92. The van der Waals surface area contributed by atoms with Crippen molar-refractivity contribution in [3.8, 4) is 0 Å². The molecule has 0 aromatic heterocycles. The van der Waals surface area contributed by atoms with E-state index in [1.807, 2.05) is 7.05 Å². The van der Waals surface area contributed by atoms with Gasteiger partial charge in [-0.05, 0) is 29.7 Å². The Morgan fingerprint density at radius 2 is 1.75 bits per heavy atom. The van der Waals surface area contributed by atoms with Crippen LogP contribution >= 0.6 is 0 Å². The first-order valence-electron chi connectivity index (χ1n) is 5.54. The summed E-state index contributed by atoms with van der Waals surface area (Å²) in [5.74, 6) is -0.211. The van der Waals surface area contributed by atoms with Crippen molar-refractivity contribution in [3.05, 3.63) is 30.1 Å². The van der Waals surface area contributed by atoms with Gasteiger partial charge in [-0.3, -0.25) is 0 Å². The maximum absolute atomic E-state index is 12.8. The van der Waals surface area contributed by atoms with Crippen LogP contribution < -0.4 is 10.6 Å². The van der Waals surface area contributed by atoms with E-state index >= 15 is 0 Å². The van der Waals surface area contributed by atoms with E-state index in [0.29, 0.717) is 6.54 Å². The zero-order chi connectivity index (χ0) is 12.3. The summed E-state index contributed by atoms with van der Waals surface area (Å²) in [6.07, 6.45) is 0. The van der Waals surface area contributed by atoms with E-state index in [-0.39, 0.29) is 17.3 Å². The lowest BCUT2D eigenvalue weighted by Crippen LogP contribution is -2.47. The summed E-state index contributed by atoms with van der Waals surface area (Å²) in [6, 6.07) is 6.75. The molecule has 1 unspecified atom stereocenters. The average molecular weight is 224 g/mol. The van der Waals surface area contributed by atoms with Gasteiger partial charge < -0.3 is 10.6 Å². The first-order valence-corrected chi connectivity index (χ1v) is 5.54. The summed E-state index contributed by atoms with van der Waals surface area (Å²) in [5, 5.41) is 0. The number of nitrogens with two attached hydrogens (primary N) is 1. The van der Waals surface area contributed by atoms with Crippen LogP contribution in [-0.2, 0) is 0 Å². The molecule has 0 aliphatic rings. The maximum Gasteiger partial charge on any atom is 0.123 e. The fourth-order valence-electron chi connectivity index (χ4n) is 1.95. The van der Waals surface area contributed by atoms with E-state index in [1.54, 1.807) is 12.1 Å². The molecule has 0 spiro atoms. The van der Waals surface area contributed by atoms with Crippen molar-refractivity contribution in [2.75, 3.05) is 18.5 Å². The molecule has 0 radical (unpaired) electrons. The van der Waals surface area contributed by atoms with Crippen molar-refractivity contribution in [1.29, 1.82) is 0 Å². The Bertz CT molecular complexity index is 327. The third-order valence-corrected chi connectivity index (χ3v) is 2.92. The summed E-state index contributed by atoms with van der Waals surface area (Å²) < 4.78 is 12.8. The van der Waals surface area contributed by atoms with Gasteiger partial charge in [0, 0.05) is 25.3 Å². The SMILES string of the molecule is CN(c1ccc(F)cc1)C(CN)C(C)(C)C. The molecule has 3 heteroatoms. The Hall–Kier alpha value is -1.09. The molecule has 0 saturated carbocycles. The number of benzene rings is 1. The number of halogens is 1. The lowest BCUT2D eigenvalue weighted by Gasteiger charge is -2.38. The van der Waals surface area contributed by atoms with Gasteiger partial charge in [-0.2, -0.15) is 0 Å². The third kappa shape index (κ3) is 2.95. The van der Waals surface area contributed by atoms with Crippen LogP contribution in [-0.4, -0.2) is 19.6 Å². The Morgan fingerprint density at radius 3 is 2.12 bits per heavy atom. The van der Waals surface area contributed by atoms with Crippen molar-refractivity contribution in [2.24, 2.45) is 11.1 Å². The van der Waals surface area contributed by atoms with Gasteiger partial charge in [0.25, 0.3) is 0 Å². The second-order valence-electron chi connectivity index (χ2n) is 5.20. The molecule has 16 heavy (non-hydrogen) atoms. The molecule has 0 aliphatic carbocycles. The number of hydrogen-bond donors (Lipinski definition) is 1. The molecular formula is C13H21FN2. The molecule has 0 fully saturated rings. The zero-order valence-corrected chi connectivity index (χ0v) is 10.5. The minimum Gasteiger partial charge on any atom is -0.370 e. The summed E-state index contributed by atoms with van der Waals surface area (Å²) in [7, 11) is 2.00.